The normalized spacial score (nSPS) is 19.8. The molecule has 0 radical (unpaired) electrons. The van der Waals surface area contributed by atoms with Crippen LogP contribution in [-0.2, 0) is 9.59 Å². The van der Waals surface area contributed by atoms with E-state index in [4.69, 9.17) is 10.2 Å². The summed E-state index contributed by atoms with van der Waals surface area (Å²) in [5.74, 6) is -2.23. The molecule has 1 aliphatic carbocycles. The summed E-state index contributed by atoms with van der Waals surface area (Å²) in [6, 6.07) is 0. The summed E-state index contributed by atoms with van der Waals surface area (Å²) in [5.41, 5.74) is 0.403. The van der Waals surface area contributed by atoms with E-state index in [1.54, 1.807) is 0 Å². The Morgan fingerprint density at radius 3 is 2.27 bits per heavy atom. The van der Waals surface area contributed by atoms with Gasteiger partial charge in [0.2, 0.25) is 0 Å². The van der Waals surface area contributed by atoms with Crippen LogP contribution in [0.2, 0.25) is 0 Å². The Kier molecular flexibility index (Phi) is 3.40. The van der Waals surface area contributed by atoms with Gasteiger partial charge in [-0.2, -0.15) is 0 Å². The van der Waals surface area contributed by atoms with Crippen molar-refractivity contribution >= 4 is 43.8 Å². The summed E-state index contributed by atoms with van der Waals surface area (Å²) in [4.78, 5) is 21.8. The van der Waals surface area contributed by atoms with Gasteiger partial charge in [0.25, 0.3) is 0 Å². The van der Waals surface area contributed by atoms with Crippen LogP contribution >= 0.6 is 31.9 Å². The molecule has 0 heterocycles. The second-order valence-electron chi connectivity index (χ2n) is 3.21. The first-order chi connectivity index (χ1) is 6.74. The lowest BCUT2D eigenvalue weighted by Crippen LogP contribution is -2.23. The quantitative estimate of drug-likeness (QED) is 0.757. The molecule has 4 nitrogen and oxygen atoms in total. The van der Waals surface area contributed by atoms with Gasteiger partial charge < -0.3 is 10.2 Å². The molecule has 0 unspecified atom stereocenters. The van der Waals surface area contributed by atoms with E-state index >= 15 is 0 Å². The molecule has 1 rings (SSSR count). The van der Waals surface area contributed by atoms with Gasteiger partial charge in [-0.3, -0.25) is 0 Å². The van der Waals surface area contributed by atoms with Gasteiger partial charge in [-0.25, -0.2) is 9.59 Å². The SMILES string of the molecule is CC1=C(C(=O)O)CC(Br)(Br)C=C1C(=O)O. The lowest BCUT2D eigenvalue weighted by molar-refractivity contribution is -0.132. The molecular weight excluding hydrogens is 332 g/mol. The maximum atomic E-state index is 10.9. The van der Waals surface area contributed by atoms with Crippen LogP contribution < -0.4 is 0 Å². The van der Waals surface area contributed by atoms with Crippen molar-refractivity contribution in [1.29, 1.82) is 0 Å². The molecule has 2 N–H and O–H groups in total. The zero-order chi connectivity index (χ0) is 11.8. The highest BCUT2D eigenvalue weighted by Gasteiger charge is 2.33. The number of carbonyl (C=O) groups is 2. The zero-order valence-corrected chi connectivity index (χ0v) is 10.9. The van der Waals surface area contributed by atoms with Crippen molar-refractivity contribution in [1.82, 2.24) is 0 Å². The van der Waals surface area contributed by atoms with Gasteiger partial charge in [-0.05, 0) is 18.6 Å². The third-order valence-electron chi connectivity index (χ3n) is 2.11. The number of halogens is 2. The predicted molar refractivity (Wildman–Crippen MR) is 61.3 cm³/mol. The van der Waals surface area contributed by atoms with Crippen LogP contribution in [0.4, 0.5) is 0 Å². The number of alkyl halides is 2. The molecule has 0 saturated heterocycles. The molecule has 0 aliphatic heterocycles. The monoisotopic (exact) mass is 338 g/mol. The van der Waals surface area contributed by atoms with E-state index in [-0.39, 0.29) is 17.6 Å². The Labute approximate surface area is 103 Å². The van der Waals surface area contributed by atoms with E-state index in [0.717, 1.165) is 0 Å². The minimum atomic E-state index is -1.13. The highest BCUT2D eigenvalue weighted by Crippen LogP contribution is 2.41. The molecule has 1 aliphatic rings. The van der Waals surface area contributed by atoms with Gasteiger partial charge in [0, 0.05) is 12.0 Å². The van der Waals surface area contributed by atoms with Crippen molar-refractivity contribution in [3.05, 3.63) is 22.8 Å². The molecule has 15 heavy (non-hydrogen) atoms. The summed E-state index contributed by atoms with van der Waals surface area (Å²) in [6.07, 6.45) is 1.65. The Morgan fingerprint density at radius 1 is 1.33 bits per heavy atom. The maximum Gasteiger partial charge on any atom is 0.335 e. The number of rotatable bonds is 2. The number of hydrogen-bond acceptors (Lipinski definition) is 2. The van der Waals surface area contributed by atoms with Crippen LogP contribution in [0, 0.1) is 0 Å². The van der Waals surface area contributed by atoms with E-state index in [2.05, 4.69) is 31.9 Å². The lowest BCUT2D eigenvalue weighted by Gasteiger charge is -2.24. The zero-order valence-electron chi connectivity index (χ0n) is 7.75. The van der Waals surface area contributed by atoms with Crippen molar-refractivity contribution in [2.24, 2.45) is 0 Å². The van der Waals surface area contributed by atoms with Crippen LogP contribution in [0.3, 0.4) is 0 Å². The lowest BCUT2D eigenvalue weighted by atomic mass is 9.92. The third kappa shape index (κ3) is 2.69. The van der Waals surface area contributed by atoms with E-state index in [1.165, 1.54) is 13.0 Å². The van der Waals surface area contributed by atoms with Gasteiger partial charge in [-0.1, -0.05) is 31.9 Å². The Hall–Kier alpha value is -0.620. The summed E-state index contributed by atoms with van der Waals surface area (Å²) < 4.78 is -0.791. The maximum absolute atomic E-state index is 10.9. The second kappa shape index (κ2) is 4.09. The molecule has 0 spiro atoms. The number of aliphatic carboxylic acids is 2. The topological polar surface area (TPSA) is 74.6 Å². The summed E-state index contributed by atoms with van der Waals surface area (Å²) in [6.45, 7) is 1.50. The number of carboxylic acid groups (broad SMARTS) is 2. The third-order valence-corrected chi connectivity index (χ3v) is 3.13. The fourth-order valence-corrected chi connectivity index (χ4v) is 2.38. The minimum Gasteiger partial charge on any atom is -0.478 e. The fourth-order valence-electron chi connectivity index (χ4n) is 1.36. The minimum absolute atomic E-state index is 0.00685. The van der Waals surface area contributed by atoms with Crippen molar-refractivity contribution < 1.29 is 19.8 Å². The van der Waals surface area contributed by atoms with Crippen LogP contribution in [0.25, 0.3) is 0 Å². The van der Waals surface area contributed by atoms with E-state index < -0.39 is 15.2 Å². The smallest absolute Gasteiger partial charge is 0.335 e. The molecular formula is C9H8Br2O4. The largest absolute Gasteiger partial charge is 0.478 e. The highest BCUT2D eigenvalue weighted by molar-refractivity contribution is 9.25. The summed E-state index contributed by atoms with van der Waals surface area (Å²) in [5, 5.41) is 17.8. The average molecular weight is 340 g/mol. The summed E-state index contributed by atoms with van der Waals surface area (Å²) in [7, 11) is 0. The van der Waals surface area contributed by atoms with Gasteiger partial charge in [-0.15, -0.1) is 0 Å². The number of allylic oxidation sites excluding steroid dienone is 1. The van der Waals surface area contributed by atoms with Crippen molar-refractivity contribution in [2.45, 2.75) is 16.6 Å². The van der Waals surface area contributed by atoms with E-state index in [0.29, 0.717) is 5.57 Å². The van der Waals surface area contributed by atoms with Gasteiger partial charge in [0.15, 0.2) is 0 Å². The standard InChI is InChI=1S/C9H8Br2O4/c1-4-5(7(12)13)2-9(10,11)3-6(4)8(14)15/h2H,3H2,1H3,(H,12,13)(H,14,15). The van der Waals surface area contributed by atoms with Crippen LogP contribution in [0.5, 0.6) is 0 Å². The van der Waals surface area contributed by atoms with Crippen LogP contribution in [0.15, 0.2) is 22.8 Å². The molecule has 0 aromatic rings. The number of hydrogen-bond donors (Lipinski definition) is 2. The van der Waals surface area contributed by atoms with Gasteiger partial charge in [0.05, 0.1) is 5.57 Å². The molecule has 0 atom stereocenters. The highest BCUT2D eigenvalue weighted by atomic mass is 79.9. The van der Waals surface area contributed by atoms with Crippen molar-refractivity contribution in [3.63, 3.8) is 0 Å². The molecule has 0 aromatic carbocycles. The average Bonchev–Trinajstić information content (AvgIpc) is 2.07. The van der Waals surface area contributed by atoms with E-state index in [1.807, 2.05) is 0 Å². The Bertz CT molecular complexity index is 393. The molecule has 6 heteroatoms. The molecule has 0 fully saturated rings. The molecule has 0 bridgehead atoms. The molecule has 0 amide bonds. The number of carboxylic acids is 2. The predicted octanol–water partition coefficient (Wildman–Crippen LogP) is 2.29. The first-order valence-electron chi connectivity index (χ1n) is 4.02. The second-order valence-corrected chi connectivity index (χ2v) is 7.10. The first kappa shape index (κ1) is 12.4. The fraction of sp³-hybridized carbons (Fsp3) is 0.333. The first-order valence-corrected chi connectivity index (χ1v) is 5.60. The molecule has 0 aromatic heterocycles. The van der Waals surface area contributed by atoms with E-state index in [9.17, 15) is 9.59 Å². The van der Waals surface area contributed by atoms with Crippen molar-refractivity contribution in [2.75, 3.05) is 0 Å². The Balaban J connectivity index is 3.30. The van der Waals surface area contributed by atoms with Gasteiger partial charge >= 0.3 is 11.9 Å². The van der Waals surface area contributed by atoms with Crippen molar-refractivity contribution in [3.8, 4) is 0 Å². The van der Waals surface area contributed by atoms with Gasteiger partial charge in [0.1, 0.15) is 3.23 Å². The van der Waals surface area contributed by atoms with Crippen LogP contribution in [0.1, 0.15) is 13.3 Å². The molecule has 82 valence electrons. The molecule has 0 saturated carbocycles. The summed E-state index contributed by atoms with van der Waals surface area (Å²) >= 11 is 6.43. The Morgan fingerprint density at radius 2 is 1.87 bits per heavy atom. The van der Waals surface area contributed by atoms with Crippen LogP contribution in [-0.4, -0.2) is 25.4 Å².